The van der Waals surface area contributed by atoms with E-state index in [-0.39, 0.29) is 0 Å². The van der Waals surface area contributed by atoms with Crippen LogP contribution in [0.1, 0.15) is 38.3 Å². The highest BCUT2D eigenvalue weighted by Gasteiger charge is 2.41. The number of rotatable bonds is 12. The summed E-state index contributed by atoms with van der Waals surface area (Å²) in [5, 5.41) is 14.2. The maximum Gasteiger partial charge on any atom is 0.181 e. The fourth-order valence-corrected chi connectivity index (χ4v) is 9.00. The van der Waals surface area contributed by atoms with Gasteiger partial charge in [0.05, 0.1) is 18.0 Å². The molecule has 0 spiro atoms. The van der Waals surface area contributed by atoms with Crippen LogP contribution in [0, 0.1) is 11.8 Å². The lowest BCUT2D eigenvalue weighted by Gasteiger charge is -2.41. The van der Waals surface area contributed by atoms with Gasteiger partial charge in [-0.2, -0.15) is 5.10 Å². The standard InChI is InChI=1S/C56H50N7/c1-4-41-39-60(38-40(2)3)57-54-51(41)52(42-30-34-48(35-31-42)61(44-20-10-5-11-21-44)45-22-12-6-13-23-45)55-56(59-63(58-55)50-28-18-9-19-29-50)53(54)43-32-36-49(37-33-43)62(46-24-14-7-15-25-46)47-26-16-8-17-27-47/h5-37,40,58H,4,38-39H2,1-3H3/q-1/p+1. The van der Waals surface area contributed by atoms with Crippen LogP contribution in [0.3, 0.4) is 0 Å². The first kappa shape index (κ1) is 39.5. The largest absolute Gasteiger partial charge is 0.312 e. The van der Waals surface area contributed by atoms with E-state index >= 15 is 0 Å². The highest BCUT2D eigenvalue weighted by atomic mass is 15.7. The highest BCUT2D eigenvalue weighted by Crippen LogP contribution is 2.46. The lowest BCUT2D eigenvalue weighted by Crippen LogP contribution is -3.07. The number of para-hydroxylation sites is 5. The molecule has 0 aromatic heterocycles. The Labute approximate surface area is 371 Å². The molecule has 1 atom stereocenters. The van der Waals surface area contributed by atoms with E-state index in [0.717, 1.165) is 104 Å². The minimum absolute atomic E-state index is 0.445. The molecule has 0 saturated heterocycles. The molecule has 7 aromatic carbocycles. The van der Waals surface area contributed by atoms with Gasteiger partial charge in [0.1, 0.15) is 0 Å². The molecular weight excluding hydrogens is 771 g/mol. The average Bonchev–Trinajstić information content (AvgIpc) is 3.78. The van der Waals surface area contributed by atoms with Gasteiger partial charge in [0.25, 0.3) is 0 Å². The minimum Gasteiger partial charge on any atom is -0.312 e. The molecule has 0 radical (unpaired) electrons. The molecule has 310 valence electrons. The Balaban J connectivity index is 1.14. The van der Waals surface area contributed by atoms with E-state index in [1.165, 1.54) is 11.1 Å². The van der Waals surface area contributed by atoms with Crippen LogP contribution in [-0.4, -0.2) is 29.5 Å². The number of fused-ring (bicyclic) bond motifs is 2. The Bertz CT molecular complexity index is 2720. The van der Waals surface area contributed by atoms with E-state index < -0.39 is 0 Å². The molecule has 0 saturated carbocycles. The van der Waals surface area contributed by atoms with Gasteiger partial charge in [-0.25, -0.2) is 5.43 Å². The molecule has 63 heavy (non-hydrogen) atoms. The zero-order chi connectivity index (χ0) is 42.7. The number of nitrogens with one attached hydrogen (secondary N) is 2. The number of hydrazone groups is 1. The van der Waals surface area contributed by atoms with Crippen LogP contribution >= 0.6 is 0 Å². The van der Waals surface area contributed by atoms with E-state index in [4.69, 9.17) is 10.2 Å². The van der Waals surface area contributed by atoms with Gasteiger partial charge >= 0.3 is 0 Å². The first-order chi connectivity index (χ1) is 31.0. The van der Waals surface area contributed by atoms with E-state index in [1.54, 1.807) is 0 Å². The number of anilines is 6. The van der Waals surface area contributed by atoms with Crippen molar-refractivity contribution in [2.24, 2.45) is 16.1 Å². The Morgan fingerprint density at radius 2 is 1.00 bits per heavy atom. The fraction of sp³-hybridized carbons (Fsp3) is 0.125. The number of allylic oxidation sites excluding steroid dienone is 3. The zero-order valence-corrected chi connectivity index (χ0v) is 36.0. The van der Waals surface area contributed by atoms with E-state index in [1.807, 2.05) is 0 Å². The van der Waals surface area contributed by atoms with E-state index in [2.05, 4.69) is 241 Å². The van der Waals surface area contributed by atoms with Crippen LogP contribution in [0.2, 0.25) is 0 Å². The quantitative estimate of drug-likeness (QED) is 0.121. The van der Waals surface area contributed by atoms with Gasteiger partial charge < -0.3 is 9.80 Å². The number of quaternary nitrogens is 1. The van der Waals surface area contributed by atoms with Crippen molar-refractivity contribution in [3.8, 4) is 0 Å². The number of benzene rings is 7. The summed E-state index contributed by atoms with van der Waals surface area (Å²) in [6.07, 6.45) is 0.894. The third kappa shape index (κ3) is 7.79. The van der Waals surface area contributed by atoms with Gasteiger partial charge in [0, 0.05) is 58.5 Å². The number of hydrogen-bond donors (Lipinski definition) is 2. The molecule has 3 aliphatic rings. The van der Waals surface area contributed by atoms with Gasteiger partial charge in [-0.15, -0.1) is 17.7 Å². The Hall–Kier alpha value is -7.61. The monoisotopic (exact) mass is 821 g/mol. The molecule has 0 bridgehead atoms. The summed E-state index contributed by atoms with van der Waals surface area (Å²) in [5.41, 5.74) is 20.3. The summed E-state index contributed by atoms with van der Waals surface area (Å²) in [6.45, 7) is 8.45. The molecule has 7 aromatic rings. The topological polar surface area (TPSA) is 50.9 Å². The summed E-state index contributed by atoms with van der Waals surface area (Å²) >= 11 is 0. The zero-order valence-electron chi connectivity index (χ0n) is 36.0. The first-order valence-corrected chi connectivity index (χ1v) is 22.0. The Morgan fingerprint density at radius 1 is 0.556 bits per heavy atom. The number of hydrogen-bond acceptors (Lipinski definition) is 6. The summed E-state index contributed by atoms with van der Waals surface area (Å²) in [5.74, 6) is 1.48. The molecule has 1 unspecified atom stereocenters. The lowest BCUT2D eigenvalue weighted by atomic mass is 9.72. The second-order valence-electron chi connectivity index (χ2n) is 16.6. The minimum atomic E-state index is 0.445. The van der Waals surface area contributed by atoms with Crippen molar-refractivity contribution in [1.82, 2.24) is 10.4 Å². The normalized spacial score (nSPS) is 15.7. The molecule has 2 aliphatic heterocycles. The van der Waals surface area contributed by atoms with Crippen molar-refractivity contribution < 1.29 is 5.12 Å². The average molecular weight is 822 g/mol. The molecule has 2 heterocycles. The SMILES string of the molecule is CCC1=C2C(=NN(CC(C)C)C1)[C-](c1ccc(N(c3ccccc3)c3ccccc3)cc1)C1=N[NH+](c3ccccc3)NC1=C2c1ccc(N(c2ccccc2)c2ccccc2)cc1. The Kier molecular flexibility index (Phi) is 10.9. The molecular formula is C56H51N7. The Morgan fingerprint density at radius 3 is 1.46 bits per heavy atom. The van der Waals surface area contributed by atoms with Crippen molar-refractivity contribution in [3.63, 3.8) is 0 Å². The van der Waals surface area contributed by atoms with Crippen molar-refractivity contribution in [2.45, 2.75) is 27.2 Å². The maximum absolute atomic E-state index is 5.60. The maximum atomic E-state index is 5.60. The van der Waals surface area contributed by atoms with E-state index in [9.17, 15) is 0 Å². The highest BCUT2D eigenvalue weighted by molar-refractivity contribution is 6.43. The predicted molar refractivity (Wildman–Crippen MR) is 260 cm³/mol. The summed E-state index contributed by atoms with van der Waals surface area (Å²) in [4.78, 5) is 4.61. The van der Waals surface area contributed by atoms with Crippen LogP contribution in [0.4, 0.5) is 39.8 Å². The van der Waals surface area contributed by atoms with Crippen LogP contribution in [0.5, 0.6) is 0 Å². The van der Waals surface area contributed by atoms with Crippen LogP contribution in [0.25, 0.3) is 5.57 Å². The van der Waals surface area contributed by atoms with Crippen LogP contribution in [-0.2, 0) is 0 Å². The van der Waals surface area contributed by atoms with Crippen LogP contribution in [0.15, 0.2) is 227 Å². The summed E-state index contributed by atoms with van der Waals surface area (Å²) in [6, 6.07) is 70.7. The first-order valence-electron chi connectivity index (χ1n) is 22.0. The summed E-state index contributed by atoms with van der Waals surface area (Å²) < 4.78 is 0. The molecule has 7 nitrogen and oxygen atoms in total. The second-order valence-corrected chi connectivity index (χ2v) is 16.6. The van der Waals surface area contributed by atoms with Gasteiger partial charge in [-0.1, -0.05) is 157 Å². The summed E-state index contributed by atoms with van der Waals surface area (Å²) in [7, 11) is 0. The lowest BCUT2D eigenvalue weighted by molar-refractivity contribution is -0.877. The molecule has 0 fully saturated rings. The van der Waals surface area contributed by atoms with Crippen molar-refractivity contribution in [1.29, 1.82) is 0 Å². The molecule has 1 aliphatic carbocycles. The second kappa shape index (κ2) is 17.4. The fourth-order valence-electron chi connectivity index (χ4n) is 9.00. The van der Waals surface area contributed by atoms with Gasteiger partial charge in [0.15, 0.2) is 5.69 Å². The van der Waals surface area contributed by atoms with Crippen molar-refractivity contribution >= 4 is 56.8 Å². The molecule has 7 heteroatoms. The molecule has 10 rings (SSSR count). The number of nitrogens with zero attached hydrogens (tertiary/aromatic N) is 5. The van der Waals surface area contributed by atoms with Crippen LogP contribution < -0.4 is 20.3 Å². The third-order valence-electron chi connectivity index (χ3n) is 11.8. The van der Waals surface area contributed by atoms with Crippen molar-refractivity contribution in [3.05, 3.63) is 234 Å². The third-order valence-corrected chi connectivity index (χ3v) is 11.8. The van der Waals surface area contributed by atoms with Gasteiger partial charge in [-0.3, -0.25) is 5.01 Å². The van der Waals surface area contributed by atoms with Crippen molar-refractivity contribution in [2.75, 3.05) is 22.9 Å². The van der Waals surface area contributed by atoms with Gasteiger partial charge in [0.2, 0.25) is 0 Å². The van der Waals surface area contributed by atoms with E-state index in [0.29, 0.717) is 5.92 Å². The smallest absolute Gasteiger partial charge is 0.181 e. The predicted octanol–water partition coefficient (Wildman–Crippen LogP) is 12.1. The van der Waals surface area contributed by atoms with Gasteiger partial charge in [-0.05, 0) is 90.1 Å². The molecule has 0 amide bonds. The molecule has 2 N–H and O–H groups in total.